The lowest BCUT2D eigenvalue weighted by Crippen LogP contribution is -2.38. The van der Waals surface area contributed by atoms with Crippen LogP contribution in [0, 0.1) is 5.41 Å². The van der Waals surface area contributed by atoms with E-state index in [4.69, 9.17) is 0 Å². The number of allylic oxidation sites excluding steroid dienone is 2. The summed E-state index contributed by atoms with van der Waals surface area (Å²) in [5.74, 6) is 0. The van der Waals surface area contributed by atoms with Crippen LogP contribution in [-0.4, -0.2) is 82.2 Å². The Balaban J connectivity index is 4.36. The van der Waals surface area contributed by atoms with Crippen LogP contribution in [0.15, 0.2) is 12.2 Å². The molecular formula is C21H46N3+. The van der Waals surface area contributed by atoms with Crippen LogP contribution in [-0.2, 0) is 0 Å². The van der Waals surface area contributed by atoms with Crippen molar-refractivity contribution in [1.82, 2.24) is 9.80 Å². The molecule has 0 N–H and O–H groups in total. The topological polar surface area (TPSA) is 6.48 Å². The number of hydrogen-bond donors (Lipinski definition) is 0. The van der Waals surface area contributed by atoms with Gasteiger partial charge in [-0.3, -0.25) is 0 Å². The summed E-state index contributed by atoms with van der Waals surface area (Å²) < 4.78 is 1.07. The first-order valence-corrected chi connectivity index (χ1v) is 9.93. The van der Waals surface area contributed by atoms with Gasteiger partial charge in [0.1, 0.15) is 0 Å². The normalized spacial score (nSPS) is 15.6. The van der Waals surface area contributed by atoms with Gasteiger partial charge in [0.25, 0.3) is 0 Å². The van der Waals surface area contributed by atoms with E-state index < -0.39 is 0 Å². The van der Waals surface area contributed by atoms with Gasteiger partial charge in [-0.1, -0.05) is 26.0 Å². The van der Waals surface area contributed by atoms with Crippen molar-refractivity contribution in [2.75, 3.05) is 68.0 Å². The first kappa shape index (κ1) is 23.6. The van der Waals surface area contributed by atoms with Crippen LogP contribution in [0.2, 0.25) is 0 Å². The molecular weight excluding hydrogens is 294 g/mol. The van der Waals surface area contributed by atoms with Gasteiger partial charge in [0, 0.05) is 13.0 Å². The van der Waals surface area contributed by atoms with E-state index in [0.29, 0.717) is 5.41 Å². The Hall–Kier alpha value is -0.380. The molecule has 1 unspecified atom stereocenters. The molecule has 0 aromatic rings. The molecule has 0 saturated heterocycles. The van der Waals surface area contributed by atoms with Crippen molar-refractivity contribution >= 4 is 0 Å². The van der Waals surface area contributed by atoms with E-state index in [2.05, 4.69) is 78.0 Å². The van der Waals surface area contributed by atoms with Gasteiger partial charge < -0.3 is 14.3 Å². The average Bonchev–Trinajstić information content (AvgIpc) is 2.45. The monoisotopic (exact) mass is 340 g/mol. The Morgan fingerprint density at radius 3 is 2.00 bits per heavy atom. The maximum atomic E-state index is 2.70. The number of rotatable bonds is 14. The molecule has 0 fully saturated rings. The van der Waals surface area contributed by atoms with Crippen LogP contribution in [0.4, 0.5) is 0 Å². The van der Waals surface area contributed by atoms with Crippen molar-refractivity contribution in [2.24, 2.45) is 5.41 Å². The third kappa shape index (κ3) is 13.0. The van der Waals surface area contributed by atoms with Gasteiger partial charge in [-0.15, -0.1) is 0 Å². The molecule has 0 aliphatic rings. The molecule has 0 bridgehead atoms. The zero-order chi connectivity index (χ0) is 18.6. The first-order valence-electron chi connectivity index (χ1n) is 9.93. The summed E-state index contributed by atoms with van der Waals surface area (Å²) >= 11 is 0. The minimum atomic E-state index is 0.381. The predicted octanol–water partition coefficient (Wildman–Crippen LogP) is 4.11. The maximum absolute atomic E-state index is 2.70. The summed E-state index contributed by atoms with van der Waals surface area (Å²) in [5.41, 5.74) is 0.381. The van der Waals surface area contributed by atoms with Crippen LogP contribution >= 0.6 is 0 Å². The molecule has 3 heteroatoms. The van der Waals surface area contributed by atoms with Gasteiger partial charge in [0.2, 0.25) is 0 Å². The fraction of sp³-hybridized carbons (Fsp3) is 0.905. The molecule has 1 atom stereocenters. The molecule has 0 amide bonds. The lowest BCUT2D eigenvalue weighted by molar-refractivity contribution is -0.870. The molecule has 0 aromatic carbocycles. The van der Waals surface area contributed by atoms with E-state index in [1.165, 1.54) is 64.8 Å². The van der Waals surface area contributed by atoms with E-state index in [-0.39, 0.29) is 0 Å². The van der Waals surface area contributed by atoms with E-state index in [0.717, 1.165) is 4.48 Å². The van der Waals surface area contributed by atoms with Crippen LogP contribution in [0.3, 0.4) is 0 Å². The summed E-state index contributed by atoms with van der Waals surface area (Å²) in [6.07, 6.45) is 11.0. The predicted molar refractivity (Wildman–Crippen MR) is 110 cm³/mol. The van der Waals surface area contributed by atoms with Gasteiger partial charge in [-0.2, -0.15) is 0 Å². The van der Waals surface area contributed by atoms with Crippen molar-refractivity contribution in [3.05, 3.63) is 12.2 Å². The van der Waals surface area contributed by atoms with Crippen molar-refractivity contribution in [3.8, 4) is 0 Å². The Bertz CT molecular complexity index is 330. The summed E-state index contributed by atoms with van der Waals surface area (Å²) in [5, 5.41) is 0. The lowest BCUT2D eigenvalue weighted by Gasteiger charge is -2.29. The largest absolute Gasteiger partial charge is 0.331 e. The lowest BCUT2D eigenvalue weighted by atomic mass is 9.82. The summed E-state index contributed by atoms with van der Waals surface area (Å²) in [6.45, 7) is 13.0. The van der Waals surface area contributed by atoms with Crippen molar-refractivity contribution in [3.63, 3.8) is 0 Å². The zero-order valence-corrected chi connectivity index (χ0v) is 18.1. The van der Waals surface area contributed by atoms with Crippen LogP contribution in [0.1, 0.15) is 52.9 Å². The number of hydrogen-bond acceptors (Lipinski definition) is 2. The van der Waals surface area contributed by atoms with E-state index in [1.807, 2.05) is 0 Å². The summed E-state index contributed by atoms with van der Waals surface area (Å²) in [4.78, 5) is 5.00. The van der Waals surface area contributed by atoms with E-state index in [1.54, 1.807) is 0 Å². The summed E-state index contributed by atoms with van der Waals surface area (Å²) in [7, 11) is 11.2. The third-order valence-electron chi connectivity index (χ3n) is 4.98. The third-order valence-corrected chi connectivity index (χ3v) is 4.98. The highest BCUT2D eigenvalue weighted by atomic mass is 15.3. The quantitative estimate of drug-likeness (QED) is 0.347. The SMILES string of the molecule is CC=CC(C)(CC)CCCN(CCCN(C)C)CCC[N+](C)(C)C. The molecule has 0 aromatic heterocycles. The minimum Gasteiger partial charge on any atom is -0.331 e. The highest BCUT2D eigenvalue weighted by Crippen LogP contribution is 2.29. The molecule has 0 rings (SSSR count). The van der Waals surface area contributed by atoms with E-state index >= 15 is 0 Å². The van der Waals surface area contributed by atoms with Crippen molar-refractivity contribution in [1.29, 1.82) is 0 Å². The smallest absolute Gasteiger partial charge is 0.0792 e. The fourth-order valence-corrected chi connectivity index (χ4v) is 3.20. The van der Waals surface area contributed by atoms with Crippen molar-refractivity contribution < 1.29 is 4.48 Å². The van der Waals surface area contributed by atoms with Gasteiger partial charge in [0.15, 0.2) is 0 Å². The molecule has 0 saturated carbocycles. The Morgan fingerprint density at radius 2 is 1.50 bits per heavy atom. The summed E-state index contributed by atoms with van der Waals surface area (Å²) in [6, 6.07) is 0. The standard InChI is InChI=1S/C21H46N3/c1-9-14-21(3,10-2)15-11-17-23(18-12-16-22(4)5)19-13-20-24(6,7)8/h9,14H,10-13,15-20H2,1-8H3/q+1. The highest BCUT2D eigenvalue weighted by Gasteiger charge is 2.18. The highest BCUT2D eigenvalue weighted by molar-refractivity contribution is 4.94. The second-order valence-corrected chi connectivity index (χ2v) is 8.98. The Kier molecular flexibility index (Phi) is 11.9. The van der Waals surface area contributed by atoms with Gasteiger partial charge in [0.05, 0.1) is 27.7 Å². The molecule has 144 valence electrons. The zero-order valence-electron chi connectivity index (χ0n) is 18.1. The molecule has 24 heavy (non-hydrogen) atoms. The van der Waals surface area contributed by atoms with Gasteiger partial charge in [-0.25, -0.2) is 0 Å². The average molecular weight is 341 g/mol. The van der Waals surface area contributed by atoms with Gasteiger partial charge in [-0.05, 0) is 71.8 Å². The van der Waals surface area contributed by atoms with Crippen molar-refractivity contribution in [2.45, 2.75) is 52.9 Å². The van der Waals surface area contributed by atoms with Gasteiger partial charge >= 0.3 is 0 Å². The molecule has 3 nitrogen and oxygen atoms in total. The second-order valence-electron chi connectivity index (χ2n) is 8.98. The van der Waals surface area contributed by atoms with Crippen LogP contribution in [0.5, 0.6) is 0 Å². The maximum Gasteiger partial charge on any atom is 0.0792 e. The minimum absolute atomic E-state index is 0.381. The van der Waals surface area contributed by atoms with Crippen LogP contribution < -0.4 is 0 Å². The number of quaternary nitrogens is 1. The number of nitrogens with zero attached hydrogens (tertiary/aromatic N) is 3. The van der Waals surface area contributed by atoms with E-state index in [9.17, 15) is 0 Å². The molecule has 0 aliphatic heterocycles. The first-order chi connectivity index (χ1) is 11.1. The molecule has 0 aliphatic carbocycles. The fourth-order valence-electron chi connectivity index (χ4n) is 3.20. The van der Waals surface area contributed by atoms with Crippen LogP contribution in [0.25, 0.3) is 0 Å². The molecule has 0 spiro atoms. The second kappa shape index (κ2) is 12.1. The Morgan fingerprint density at radius 1 is 0.917 bits per heavy atom. The Labute approximate surface area is 153 Å². The molecule has 0 radical (unpaired) electrons. The molecule has 0 heterocycles.